The molecule has 2 atom stereocenters. The number of aliphatic carboxylic acids is 1. The van der Waals surface area contributed by atoms with Crippen LogP contribution in [0.1, 0.15) is 44.9 Å². The third-order valence-corrected chi connectivity index (χ3v) is 9.48. The first-order valence-corrected chi connectivity index (χ1v) is 15.0. The Hall–Kier alpha value is -1.92. The van der Waals surface area contributed by atoms with Crippen molar-refractivity contribution in [2.45, 2.75) is 61.9 Å². The minimum absolute atomic E-state index is 0.0205. The normalized spacial score (nSPS) is 20.0. The number of piperidine rings is 1. The first kappa shape index (κ1) is 30.6. The summed E-state index contributed by atoms with van der Waals surface area (Å²) in [6.45, 7) is 2.39. The minimum atomic E-state index is -4.10. The third kappa shape index (κ3) is 8.05. The van der Waals surface area contributed by atoms with Crippen molar-refractivity contribution in [2.75, 3.05) is 40.3 Å². The number of sulfonamides is 1. The summed E-state index contributed by atoms with van der Waals surface area (Å²) in [6.07, 6.45) is 3.50. The number of nitrogens with zero attached hydrogens (tertiary/aromatic N) is 3. The van der Waals surface area contributed by atoms with E-state index in [1.807, 2.05) is 14.1 Å². The number of carboxylic acids is 1. The van der Waals surface area contributed by atoms with Crippen LogP contribution in [-0.4, -0.2) is 97.8 Å². The predicted octanol–water partition coefficient (Wildman–Crippen LogP) is 2.69. The maximum atomic E-state index is 13.2. The number of nitrogens with one attached hydrogen (secondary N) is 1. The van der Waals surface area contributed by atoms with Crippen LogP contribution in [0, 0.1) is 5.92 Å². The van der Waals surface area contributed by atoms with Gasteiger partial charge in [-0.15, -0.1) is 0 Å². The SMILES string of the molecule is CN(C)CCC1CCN(C(=O)CC[C@H](NC(=O)[C@@H]2CCCN2S(=O)(=O)c2cc(Cl)cc(Cl)c2)C(=O)O)CC1. The van der Waals surface area contributed by atoms with Crippen molar-refractivity contribution in [1.82, 2.24) is 19.4 Å². The van der Waals surface area contributed by atoms with Crippen LogP contribution in [0.25, 0.3) is 0 Å². The highest BCUT2D eigenvalue weighted by atomic mass is 35.5. The molecular formula is C25H36Cl2N4O6S. The number of likely N-dealkylation sites (tertiary alicyclic amines) is 1. The molecule has 0 saturated carbocycles. The van der Waals surface area contributed by atoms with E-state index in [2.05, 4.69) is 10.2 Å². The Morgan fingerprint density at radius 2 is 1.71 bits per heavy atom. The molecule has 0 radical (unpaired) electrons. The number of rotatable bonds is 11. The fourth-order valence-electron chi connectivity index (χ4n) is 4.97. The molecule has 2 aliphatic heterocycles. The Labute approximate surface area is 234 Å². The molecule has 2 saturated heterocycles. The van der Waals surface area contributed by atoms with Gasteiger partial charge in [0.1, 0.15) is 12.1 Å². The number of hydrogen-bond donors (Lipinski definition) is 2. The molecule has 38 heavy (non-hydrogen) atoms. The Balaban J connectivity index is 1.57. The summed E-state index contributed by atoms with van der Waals surface area (Å²) in [5, 5.41) is 12.4. The van der Waals surface area contributed by atoms with Crippen LogP contribution in [0.4, 0.5) is 0 Å². The van der Waals surface area contributed by atoms with E-state index < -0.39 is 34.0 Å². The van der Waals surface area contributed by atoms with E-state index in [-0.39, 0.29) is 46.7 Å². The Bertz CT molecular complexity index is 1100. The molecule has 2 amide bonds. The van der Waals surface area contributed by atoms with Crippen molar-refractivity contribution in [1.29, 1.82) is 0 Å². The lowest BCUT2D eigenvalue weighted by Crippen LogP contribution is -2.51. The molecule has 2 N–H and O–H groups in total. The van der Waals surface area contributed by atoms with E-state index in [1.165, 1.54) is 18.2 Å². The van der Waals surface area contributed by atoms with Crippen LogP contribution in [0.15, 0.2) is 23.1 Å². The zero-order valence-corrected chi connectivity index (χ0v) is 24.1. The highest BCUT2D eigenvalue weighted by Gasteiger charge is 2.40. The maximum absolute atomic E-state index is 13.2. The van der Waals surface area contributed by atoms with Crippen LogP contribution >= 0.6 is 23.2 Å². The fraction of sp³-hybridized carbons (Fsp3) is 0.640. The molecule has 13 heteroatoms. The quantitative estimate of drug-likeness (QED) is 0.405. The molecule has 1 aromatic carbocycles. The van der Waals surface area contributed by atoms with Gasteiger partial charge in [-0.05, 0) is 83.3 Å². The molecule has 0 aromatic heterocycles. The van der Waals surface area contributed by atoms with Crippen molar-refractivity contribution in [3.63, 3.8) is 0 Å². The van der Waals surface area contributed by atoms with Crippen molar-refractivity contribution in [3.8, 4) is 0 Å². The lowest BCUT2D eigenvalue weighted by Gasteiger charge is -2.33. The monoisotopic (exact) mass is 590 g/mol. The lowest BCUT2D eigenvalue weighted by atomic mass is 9.93. The number of amides is 2. The molecule has 3 rings (SSSR count). The van der Waals surface area contributed by atoms with Gasteiger partial charge in [0.05, 0.1) is 4.90 Å². The Morgan fingerprint density at radius 3 is 2.29 bits per heavy atom. The van der Waals surface area contributed by atoms with E-state index in [1.54, 1.807) is 4.90 Å². The molecule has 0 unspecified atom stereocenters. The van der Waals surface area contributed by atoms with Gasteiger partial charge in [0.2, 0.25) is 21.8 Å². The van der Waals surface area contributed by atoms with Crippen LogP contribution in [0.5, 0.6) is 0 Å². The van der Waals surface area contributed by atoms with Gasteiger partial charge in [0.25, 0.3) is 0 Å². The second-order valence-electron chi connectivity index (χ2n) is 10.2. The van der Waals surface area contributed by atoms with Gasteiger partial charge < -0.3 is 20.2 Å². The summed E-state index contributed by atoms with van der Waals surface area (Å²) in [4.78, 5) is 41.4. The van der Waals surface area contributed by atoms with E-state index in [9.17, 15) is 27.9 Å². The first-order valence-electron chi connectivity index (χ1n) is 12.8. The fourth-order valence-corrected chi connectivity index (χ4v) is 7.35. The summed E-state index contributed by atoms with van der Waals surface area (Å²) < 4.78 is 27.5. The second-order valence-corrected chi connectivity index (χ2v) is 13.0. The average Bonchev–Trinajstić information content (AvgIpc) is 3.36. The standard InChI is InChI=1S/C25H36Cl2N4O6S/c1-29(2)11-7-17-8-12-30(13-9-17)23(32)6-5-21(25(34)35)28-24(33)22-4-3-10-31(22)38(36,37)20-15-18(26)14-19(27)16-20/h14-17,21-22H,3-13H2,1-2H3,(H,28,33)(H,34,35)/t21-,22-/m0/s1. The minimum Gasteiger partial charge on any atom is -0.480 e. The highest BCUT2D eigenvalue weighted by molar-refractivity contribution is 7.89. The third-order valence-electron chi connectivity index (χ3n) is 7.16. The molecule has 2 fully saturated rings. The number of halogens is 2. The zero-order chi connectivity index (χ0) is 28.0. The lowest BCUT2D eigenvalue weighted by molar-refractivity contribution is -0.143. The van der Waals surface area contributed by atoms with Crippen LogP contribution in [0.2, 0.25) is 10.0 Å². The van der Waals surface area contributed by atoms with Crippen molar-refractivity contribution >= 4 is 51.0 Å². The second kappa shape index (κ2) is 13.4. The molecule has 212 valence electrons. The van der Waals surface area contributed by atoms with E-state index >= 15 is 0 Å². The average molecular weight is 592 g/mol. The molecule has 0 spiro atoms. The van der Waals surface area contributed by atoms with Crippen LogP contribution < -0.4 is 5.32 Å². The number of carbonyl (C=O) groups excluding carboxylic acids is 2. The molecular weight excluding hydrogens is 555 g/mol. The molecule has 0 bridgehead atoms. The molecule has 2 aliphatic rings. The Kier molecular flexibility index (Phi) is 10.8. The number of hydrogen-bond acceptors (Lipinski definition) is 6. The summed E-state index contributed by atoms with van der Waals surface area (Å²) in [6, 6.07) is 1.54. The zero-order valence-electron chi connectivity index (χ0n) is 21.7. The summed E-state index contributed by atoms with van der Waals surface area (Å²) >= 11 is 11.9. The van der Waals surface area contributed by atoms with Gasteiger partial charge in [-0.25, -0.2) is 13.2 Å². The number of benzene rings is 1. The van der Waals surface area contributed by atoms with Gasteiger partial charge in [0, 0.05) is 36.1 Å². The van der Waals surface area contributed by atoms with E-state index in [4.69, 9.17) is 23.2 Å². The van der Waals surface area contributed by atoms with Crippen molar-refractivity contribution < 1.29 is 27.9 Å². The predicted molar refractivity (Wildman–Crippen MR) is 145 cm³/mol. The summed E-state index contributed by atoms with van der Waals surface area (Å²) in [7, 11) is -0.0221. The number of carboxylic acid groups (broad SMARTS) is 1. The van der Waals surface area contributed by atoms with Gasteiger partial charge in [-0.1, -0.05) is 23.2 Å². The smallest absolute Gasteiger partial charge is 0.326 e. The van der Waals surface area contributed by atoms with Gasteiger partial charge in [-0.2, -0.15) is 4.31 Å². The van der Waals surface area contributed by atoms with E-state index in [0.29, 0.717) is 25.4 Å². The van der Waals surface area contributed by atoms with Crippen LogP contribution in [0.3, 0.4) is 0 Å². The maximum Gasteiger partial charge on any atom is 0.326 e. The highest BCUT2D eigenvalue weighted by Crippen LogP contribution is 2.30. The summed E-state index contributed by atoms with van der Waals surface area (Å²) in [5.41, 5.74) is 0. The topological polar surface area (TPSA) is 127 Å². The van der Waals surface area contributed by atoms with Crippen molar-refractivity contribution in [2.24, 2.45) is 5.92 Å². The molecule has 1 aromatic rings. The van der Waals surface area contributed by atoms with Crippen molar-refractivity contribution in [3.05, 3.63) is 28.2 Å². The molecule has 2 heterocycles. The first-order chi connectivity index (χ1) is 17.9. The van der Waals surface area contributed by atoms with Gasteiger partial charge >= 0.3 is 5.97 Å². The molecule has 0 aliphatic carbocycles. The van der Waals surface area contributed by atoms with Gasteiger partial charge in [0.15, 0.2) is 0 Å². The summed E-state index contributed by atoms with van der Waals surface area (Å²) in [5.74, 6) is -1.55. The Morgan fingerprint density at radius 1 is 1.08 bits per heavy atom. The van der Waals surface area contributed by atoms with Crippen LogP contribution in [-0.2, 0) is 24.4 Å². The van der Waals surface area contributed by atoms with Gasteiger partial charge in [-0.3, -0.25) is 9.59 Å². The largest absolute Gasteiger partial charge is 0.480 e. The molecule has 10 nitrogen and oxygen atoms in total. The number of carbonyl (C=O) groups is 3. The van der Waals surface area contributed by atoms with E-state index in [0.717, 1.165) is 30.1 Å².